The Hall–Kier alpha value is -1.95. The fourth-order valence-electron chi connectivity index (χ4n) is 3.38. The normalized spacial score (nSPS) is 18.8. The molecule has 7 heteroatoms. The predicted molar refractivity (Wildman–Crippen MR) is 92.4 cm³/mol. The highest BCUT2D eigenvalue weighted by Crippen LogP contribution is 2.38. The van der Waals surface area contributed by atoms with E-state index < -0.39 is 11.5 Å². The minimum atomic E-state index is -0.972. The van der Waals surface area contributed by atoms with Gasteiger partial charge in [0.2, 0.25) is 0 Å². The van der Waals surface area contributed by atoms with Crippen LogP contribution in [0.5, 0.6) is 11.5 Å². The zero-order chi connectivity index (χ0) is 17.9. The number of methoxy groups -OCH3 is 1. The number of hydrogen-bond acceptors (Lipinski definition) is 5. The second kappa shape index (κ2) is 7.52. The number of hydrogen-bond donors (Lipinski definition) is 1. The van der Waals surface area contributed by atoms with Crippen LogP contribution in [0.25, 0.3) is 0 Å². The highest BCUT2D eigenvalue weighted by atomic mass is 35.5. The van der Waals surface area contributed by atoms with Crippen molar-refractivity contribution in [3.05, 3.63) is 22.7 Å². The number of rotatable bonds is 3. The van der Waals surface area contributed by atoms with Crippen molar-refractivity contribution in [2.24, 2.45) is 0 Å². The van der Waals surface area contributed by atoms with Crippen LogP contribution >= 0.6 is 11.6 Å². The number of ether oxygens (including phenoxy) is 3. The van der Waals surface area contributed by atoms with Gasteiger partial charge in [-0.3, -0.25) is 4.79 Å². The lowest BCUT2D eigenvalue weighted by Gasteiger charge is -2.35. The molecule has 0 radical (unpaired) electrons. The SMILES string of the molecule is COC(=O)C1(NC(=O)c2cc(Cl)c3c(c2)OCCCO3)CCCCC1. The number of carbonyl (C=O) groups is 2. The molecule has 1 heterocycles. The van der Waals surface area contributed by atoms with Crippen molar-refractivity contribution in [1.29, 1.82) is 0 Å². The molecular formula is C18H22ClNO5. The number of esters is 1. The molecule has 2 aliphatic rings. The topological polar surface area (TPSA) is 73.9 Å². The third kappa shape index (κ3) is 3.68. The van der Waals surface area contributed by atoms with E-state index in [2.05, 4.69) is 5.32 Å². The lowest BCUT2D eigenvalue weighted by atomic mass is 9.81. The molecule has 25 heavy (non-hydrogen) atoms. The molecule has 1 aromatic carbocycles. The van der Waals surface area contributed by atoms with Crippen molar-refractivity contribution in [2.45, 2.75) is 44.1 Å². The Morgan fingerprint density at radius 2 is 1.84 bits per heavy atom. The summed E-state index contributed by atoms with van der Waals surface area (Å²) in [5.41, 5.74) is -0.635. The number of nitrogens with one attached hydrogen (secondary N) is 1. The number of halogens is 1. The second-order valence-electron chi connectivity index (χ2n) is 6.42. The summed E-state index contributed by atoms with van der Waals surface area (Å²) in [5, 5.41) is 3.20. The summed E-state index contributed by atoms with van der Waals surface area (Å²) in [7, 11) is 1.34. The zero-order valence-corrected chi connectivity index (χ0v) is 15.0. The van der Waals surface area contributed by atoms with Crippen LogP contribution in [0.1, 0.15) is 48.9 Å². The molecule has 1 N–H and O–H groups in total. The minimum Gasteiger partial charge on any atom is -0.489 e. The highest BCUT2D eigenvalue weighted by Gasteiger charge is 2.42. The smallest absolute Gasteiger partial charge is 0.331 e. The molecule has 1 aromatic rings. The Morgan fingerprint density at radius 3 is 2.56 bits per heavy atom. The first-order valence-electron chi connectivity index (χ1n) is 8.56. The van der Waals surface area contributed by atoms with E-state index in [9.17, 15) is 9.59 Å². The van der Waals surface area contributed by atoms with Crippen molar-refractivity contribution in [1.82, 2.24) is 5.32 Å². The van der Waals surface area contributed by atoms with Gasteiger partial charge in [0, 0.05) is 12.0 Å². The third-order valence-electron chi connectivity index (χ3n) is 4.70. The maximum Gasteiger partial charge on any atom is 0.331 e. The van der Waals surface area contributed by atoms with Crippen LogP contribution in [0.15, 0.2) is 12.1 Å². The minimum absolute atomic E-state index is 0.320. The first kappa shape index (κ1) is 17.9. The number of amides is 1. The fraction of sp³-hybridized carbons (Fsp3) is 0.556. The van der Waals surface area contributed by atoms with Gasteiger partial charge in [0.05, 0.1) is 25.3 Å². The Labute approximate surface area is 151 Å². The third-order valence-corrected chi connectivity index (χ3v) is 4.98. The maximum absolute atomic E-state index is 12.8. The highest BCUT2D eigenvalue weighted by molar-refractivity contribution is 6.32. The van der Waals surface area contributed by atoms with Gasteiger partial charge in [0.1, 0.15) is 5.54 Å². The molecule has 1 saturated carbocycles. The molecule has 0 saturated heterocycles. The lowest BCUT2D eigenvalue weighted by molar-refractivity contribution is -0.149. The Kier molecular flexibility index (Phi) is 5.37. The van der Waals surface area contributed by atoms with Crippen LogP contribution in [0.4, 0.5) is 0 Å². The molecule has 1 fully saturated rings. The molecule has 1 amide bonds. The van der Waals surface area contributed by atoms with Gasteiger partial charge in [0.25, 0.3) is 5.91 Å². The summed E-state index contributed by atoms with van der Waals surface area (Å²) in [6.45, 7) is 1.02. The van der Waals surface area contributed by atoms with E-state index in [1.807, 2.05) is 0 Å². The molecule has 1 aliphatic carbocycles. The van der Waals surface area contributed by atoms with E-state index in [1.165, 1.54) is 13.2 Å². The summed E-state index contributed by atoms with van der Waals surface area (Å²) in [4.78, 5) is 25.1. The van der Waals surface area contributed by atoms with E-state index in [1.54, 1.807) is 6.07 Å². The lowest BCUT2D eigenvalue weighted by Crippen LogP contribution is -2.56. The first-order chi connectivity index (χ1) is 12.1. The Bertz CT molecular complexity index is 670. The summed E-state index contributed by atoms with van der Waals surface area (Å²) >= 11 is 6.25. The predicted octanol–water partition coefficient (Wildman–Crippen LogP) is 3.11. The molecule has 0 unspecified atom stereocenters. The van der Waals surface area contributed by atoms with Crippen LogP contribution in [0, 0.1) is 0 Å². The summed E-state index contributed by atoms with van der Waals surface area (Å²) in [6.07, 6.45) is 4.68. The van der Waals surface area contributed by atoms with Gasteiger partial charge in [-0.2, -0.15) is 0 Å². The molecule has 0 spiro atoms. The van der Waals surface area contributed by atoms with Crippen molar-refractivity contribution in [2.75, 3.05) is 20.3 Å². The van der Waals surface area contributed by atoms with Gasteiger partial charge in [-0.15, -0.1) is 0 Å². The fourth-order valence-corrected chi connectivity index (χ4v) is 3.65. The van der Waals surface area contributed by atoms with E-state index in [4.69, 9.17) is 25.8 Å². The molecule has 0 bridgehead atoms. The number of fused-ring (bicyclic) bond motifs is 1. The molecule has 3 rings (SSSR count). The van der Waals surface area contributed by atoms with Crippen LogP contribution in [-0.2, 0) is 9.53 Å². The quantitative estimate of drug-likeness (QED) is 0.831. The van der Waals surface area contributed by atoms with Gasteiger partial charge in [-0.05, 0) is 25.0 Å². The summed E-state index contributed by atoms with van der Waals surface area (Å²) < 4.78 is 16.1. The van der Waals surface area contributed by atoms with Crippen LogP contribution in [0.2, 0.25) is 5.02 Å². The second-order valence-corrected chi connectivity index (χ2v) is 6.83. The van der Waals surface area contributed by atoms with Crippen molar-refractivity contribution in [3.63, 3.8) is 0 Å². The number of carbonyl (C=O) groups excluding carboxylic acids is 2. The van der Waals surface area contributed by atoms with Gasteiger partial charge < -0.3 is 19.5 Å². The first-order valence-corrected chi connectivity index (χ1v) is 8.93. The van der Waals surface area contributed by atoms with Crippen LogP contribution < -0.4 is 14.8 Å². The average molecular weight is 368 g/mol. The molecule has 1 aliphatic heterocycles. The summed E-state index contributed by atoms with van der Waals surface area (Å²) in [5.74, 6) is 0.132. The molecular weight excluding hydrogens is 346 g/mol. The largest absolute Gasteiger partial charge is 0.489 e. The van der Waals surface area contributed by atoms with Gasteiger partial charge in [-0.1, -0.05) is 30.9 Å². The Balaban J connectivity index is 1.86. The van der Waals surface area contributed by atoms with Gasteiger partial charge in [0.15, 0.2) is 11.5 Å². The standard InChI is InChI=1S/C18H22ClNO5/c1-23-17(22)18(6-3-2-4-7-18)20-16(21)12-10-13(19)15-14(11-12)24-8-5-9-25-15/h10-11H,2-9H2,1H3,(H,20,21). The molecule has 6 nitrogen and oxygen atoms in total. The molecule has 136 valence electrons. The van der Waals surface area contributed by atoms with Crippen LogP contribution in [0.3, 0.4) is 0 Å². The van der Waals surface area contributed by atoms with Crippen LogP contribution in [-0.4, -0.2) is 37.7 Å². The zero-order valence-electron chi connectivity index (χ0n) is 14.2. The summed E-state index contributed by atoms with van der Waals surface area (Å²) in [6, 6.07) is 3.15. The van der Waals surface area contributed by atoms with E-state index in [0.29, 0.717) is 48.1 Å². The number of benzene rings is 1. The van der Waals surface area contributed by atoms with Crippen molar-refractivity contribution < 1.29 is 23.8 Å². The Morgan fingerprint density at radius 1 is 1.12 bits per heavy atom. The maximum atomic E-state index is 12.8. The van der Waals surface area contributed by atoms with E-state index in [0.717, 1.165) is 25.7 Å². The molecule has 0 aromatic heterocycles. The van der Waals surface area contributed by atoms with Crippen molar-refractivity contribution >= 4 is 23.5 Å². The van der Waals surface area contributed by atoms with E-state index >= 15 is 0 Å². The van der Waals surface area contributed by atoms with Gasteiger partial charge >= 0.3 is 5.97 Å². The van der Waals surface area contributed by atoms with Gasteiger partial charge in [-0.25, -0.2) is 4.79 Å². The monoisotopic (exact) mass is 367 g/mol. The van der Waals surface area contributed by atoms with Crippen molar-refractivity contribution in [3.8, 4) is 11.5 Å². The average Bonchev–Trinajstić information content (AvgIpc) is 2.87. The van der Waals surface area contributed by atoms with E-state index in [-0.39, 0.29) is 5.91 Å². The molecule has 0 atom stereocenters.